The lowest BCUT2D eigenvalue weighted by Gasteiger charge is -2.06. The van der Waals surface area contributed by atoms with Crippen LogP contribution in [0.15, 0.2) is 11.9 Å². The molecule has 0 aromatic heterocycles. The van der Waals surface area contributed by atoms with E-state index in [4.69, 9.17) is 0 Å². The maximum absolute atomic E-state index is 13.5. The maximum Gasteiger partial charge on any atom is 0.0962 e. The molecule has 0 nitrogen and oxygen atoms in total. The van der Waals surface area contributed by atoms with Gasteiger partial charge in [-0.25, -0.2) is 4.39 Å². The quantitative estimate of drug-likeness (QED) is 0.475. The third-order valence-electron chi connectivity index (χ3n) is 3.79. The molecule has 0 heterocycles. The van der Waals surface area contributed by atoms with Crippen molar-refractivity contribution in [1.82, 2.24) is 0 Å². The summed E-state index contributed by atoms with van der Waals surface area (Å²) < 4.78 is 13.5. The van der Waals surface area contributed by atoms with Gasteiger partial charge in [-0.05, 0) is 25.2 Å². The van der Waals surface area contributed by atoms with Crippen molar-refractivity contribution in [3.63, 3.8) is 0 Å². The summed E-state index contributed by atoms with van der Waals surface area (Å²) in [7, 11) is 0. The van der Waals surface area contributed by atoms with Crippen LogP contribution in [0.4, 0.5) is 4.39 Å². The number of hydrogen-bond acceptors (Lipinski definition) is 0. The van der Waals surface area contributed by atoms with E-state index >= 15 is 0 Å². The second-order valence-corrected chi connectivity index (χ2v) is 5.67. The molecule has 0 fully saturated rings. The van der Waals surface area contributed by atoms with E-state index in [0.29, 0.717) is 12.3 Å². The lowest BCUT2D eigenvalue weighted by Crippen LogP contribution is -1.92. The normalized spacial score (nSPS) is 29.8. The first-order valence-corrected chi connectivity index (χ1v) is 7.65. The molecular weight excluding hydrogens is 211 g/mol. The van der Waals surface area contributed by atoms with E-state index in [0.717, 1.165) is 12.8 Å². The molecule has 1 unspecified atom stereocenters. The number of hydrogen-bond donors (Lipinski definition) is 0. The highest BCUT2D eigenvalue weighted by molar-refractivity contribution is 4.94. The molecule has 0 aliphatic heterocycles. The summed E-state index contributed by atoms with van der Waals surface area (Å²) in [6.45, 7) is 2.15. The van der Waals surface area contributed by atoms with Gasteiger partial charge in [0, 0.05) is 0 Å². The largest absolute Gasteiger partial charge is 0.212 e. The Balaban J connectivity index is 2.30. The fourth-order valence-corrected chi connectivity index (χ4v) is 2.65. The van der Waals surface area contributed by atoms with Gasteiger partial charge in [0.05, 0.1) is 5.83 Å². The summed E-state index contributed by atoms with van der Waals surface area (Å²) in [6, 6.07) is 0. The number of allylic oxidation sites excluding steroid dienone is 2. The number of rotatable bonds is 0. The van der Waals surface area contributed by atoms with Crippen LogP contribution in [-0.2, 0) is 0 Å². The molecule has 1 aliphatic rings. The van der Waals surface area contributed by atoms with Crippen LogP contribution in [0, 0.1) is 5.92 Å². The van der Waals surface area contributed by atoms with Crippen LogP contribution in [0.25, 0.3) is 0 Å². The minimum absolute atomic E-state index is 0.132. The second kappa shape index (κ2) is 9.67. The molecule has 0 N–H and O–H groups in total. The van der Waals surface area contributed by atoms with Crippen LogP contribution in [0.2, 0.25) is 0 Å². The van der Waals surface area contributed by atoms with Gasteiger partial charge < -0.3 is 0 Å². The zero-order valence-corrected chi connectivity index (χ0v) is 11.5. The van der Waals surface area contributed by atoms with Crippen molar-refractivity contribution in [3.8, 4) is 0 Å². The second-order valence-electron chi connectivity index (χ2n) is 5.67. The summed E-state index contributed by atoms with van der Waals surface area (Å²) in [6.07, 6.45) is 16.7. The molecule has 0 aromatic carbocycles. The van der Waals surface area contributed by atoms with Crippen molar-refractivity contribution >= 4 is 0 Å². The van der Waals surface area contributed by atoms with E-state index in [1.165, 1.54) is 57.8 Å². The van der Waals surface area contributed by atoms with Gasteiger partial charge >= 0.3 is 0 Å². The van der Waals surface area contributed by atoms with Crippen LogP contribution in [-0.4, -0.2) is 0 Å². The molecule has 1 rings (SSSR count). The predicted octanol–water partition coefficient (Wildman–Crippen LogP) is 6.17. The molecule has 17 heavy (non-hydrogen) atoms. The predicted molar refractivity (Wildman–Crippen MR) is 73.8 cm³/mol. The fraction of sp³-hybridized carbons (Fsp3) is 0.875. The van der Waals surface area contributed by atoms with Gasteiger partial charge in [0.15, 0.2) is 0 Å². The molecular formula is C16H29F. The molecule has 0 amide bonds. The van der Waals surface area contributed by atoms with Gasteiger partial charge in [0.25, 0.3) is 0 Å². The summed E-state index contributed by atoms with van der Waals surface area (Å²) >= 11 is 0. The van der Waals surface area contributed by atoms with E-state index in [1.807, 2.05) is 6.08 Å². The lowest BCUT2D eigenvalue weighted by atomic mass is 10.0. The van der Waals surface area contributed by atoms with Crippen molar-refractivity contribution in [2.75, 3.05) is 0 Å². The van der Waals surface area contributed by atoms with Gasteiger partial charge in [0.1, 0.15) is 0 Å². The Hall–Kier alpha value is -0.330. The lowest BCUT2D eigenvalue weighted by molar-refractivity contribution is 0.517. The summed E-state index contributed by atoms with van der Waals surface area (Å²) in [5, 5.41) is 0. The third kappa shape index (κ3) is 8.40. The average Bonchev–Trinajstić information content (AvgIpc) is 2.30. The standard InChI is InChI=1S/C16H29F/c1-15-12-10-8-6-4-2-3-5-7-9-11-13-16(17)14-15/h14-15H,2-13H2,1H3/b16-14+. The van der Waals surface area contributed by atoms with Crippen LogP contribution in [0.1, 0.15) is 84.0 Å². The highest BCUT2D eigenvalue weighted by Crippen LogP contribution is 2.19. The fourth-order valence-electron chi connectivity index (χ4n) is 2.65. The first kappa shape index (κ1) is 14.7. The Morgan fingerprint density at radius 1 is 0.824 bits per heavy atom. The molecule has 0 saturated carbocycles. The Morgan fingerprint density at radius 2 is 1.29 bits per heavy atom. The van der Waals surface area contributed by atoms with E-state index < -0.39 is 0 Å². The zero-order chi connectivity index (χ0) is 12.3. The van der Waals surface area contributed by atoms with E-state index in [2.05, 4.69) is 6.92 Å². The third-order valence-corrected chi connectivity index (χ3v) is 3.79. The van der Waals surface area contributed by atoms with Crippen molar-refractivity contribution in [2.45, 2.75) is 84.0 Å². The number of halogens is 1. The SMILES string of the molecule is CC1/C=C(/F)CCCCCCCCCCCC1. The molecule has 0 spiro atoms. The van der Waals surface area contributed by atoms with Crippen molar-refractivity contribution in [1.29, 1.82) is 0 Å². The molecule has 1 atom stereocenters. The van der Waals surface area contributed by atoms with Crippen molar-refractivity contribution in [2.24, 2.45) is 5.92 Å². The van der Waals surface area contributed by atoms with Crippen LogP contribution >= 0.6 is 0 Å². The summed E-state index contributed by atoms with van der Waals surface area (Å²) in [4.78, 5) is 0. The molecule has 0 aromatic rings. The maximum atomic E-state index is 13.5. The molecule has 0 bridgehead atoms. The van der Waals surface area contributed by atoms with Crippen LogP contribution in [0.3, 0.4) is 0 Å². The summed E-state index contributed by atoms with van der Waals surface area (Å²) in [5.74, 6) is 0.562. The van der Waals surface area contributed by atoms with E-state index in [9.17, 15) is 4.39 Å². The molecule has 0 saturated heterocycles. The Labute approximate surface area is 107 Å². The first-order chi connectivity index (χ1) is 8.29. The smallest absolute Gasteiger partial charge is 0.0962 e. The van der Waals surface area contributed by atoms with Crippen molar-refractivity contribution < 1.29 is 4.39 Å². The van der Waals surface area contributed by atoms with E-state index in [1.54, 1.807) is 0 Å². The van der Waals surface area contributed by atoms with E-state index in [-0.39, 0.29) is 5.83 Å². The highest BCUT2D eigenvalue weighted by Gasteiger charge is 2.03. The first-order valence-electron chi connectivity index (χ1n) is 7.65. The minimum atomic E-state index is 0.132. The molecule has 1 heteroatoms. The van der Waals surface area contributed by atoms with Gasteiger partial charge in [-0.1, -0.05) is 70.8 Å². The Kier molecular flexibility index (Phi) is 8.38. The van der Waals surface area contributed by atoms with Gasteiger partial charge in [0.2, 0.25) is 0 Å². The Bertz CT molecular complexity index is 208. The zero-order valence-electron chi connectivity index (χ0n) is 11.5. The minimum Gasteiger partial charge on any atom is -0.212 e. The molecule has 100 valence electrons. The highest BCUT2D eigenvalue weighted by atomic mass is 19.1. The molecule has 0 radical (unpaired) electrons. The van der Waals surface area contributed by atoms with Crippen LogP contribution in [0.5, 0.6) is 0 Å². The van der Waals surface area contributed by atoms with Gasteiger partial charge in [-0.2, -0.15) is 0 Å². The van der Waals surface area contributed by atoms with Crippen molar-refractivity contribution in [3.05, 3.63) is 11.9 Å². The van der Waals surface area contributed by atoms with Crippen LogP contribution < -0.4 is 0 Å². The van der Waals surface area contributed by atoms with Gasteiger partial charge in [-0.3, -0.25) is 0 Å². The monoisotopic (exact) mass is 240 g/mol. The average molecular weight is 240 g/mol. The summed E-state index contributed by atoms with van der Waals surface area (Å²) in [5.41, 5.74) is 0. The molecule has 1 aliphatic carbocycles. The van der Waals surface area contributed by atoms with Gasteiger partial charge in [-0.15, -0.1) is 0 Å². The Morgan fingerprint density at radius 3 is 1.88 bits per heavy atom. The topological polar surface area (TPSA) is 0 Å².